The van der Waals surface area contributed by atoms with Crippen molar-refractivity contribution in [3.05, 3.63) is 35.3 Å². The fourth-order valence-electron chi connectivity index (χ4n) is 1.76. The topological polar surface area (TPSA) is 55.9 Å². The summed E-state index contributed by atoms with van der Waals surface area (Å²) in [4.78, 5) is 0. The first kappa shape index (κ1) is 12.4. The van der Waals surface area contributed by atoms with Gasteiger partial charge in [0.1, 0.15) is 5.82 Å². The van der Waals surface area contributed by atoms with Crippen molar-refractivity contribution in [2.24, 2.45) is 0 Å². The number of aryl methyl sites for hydroxylation is 3. The molecule has 18 heavy (non-hydrogen) atoms. The Bertz CT molecular complexity index is 575. The van der Waals surface area contributed by atoms with Gasteiger partial charge in [0.25, 0.3) is 0 Å². The third-order valence-corrected chi connectivity index (χ3v) is 2.91. The lowest BCUT2D eigenvalue weighted by atomic mass is 10.2. The van der Waals surface area contributed by atoms with Crippen LogP contribution in [0.4, 0.5) is 21.6 Å². The molecule has 0 spiro atoms. The minimum absolute atomic E-state index is 0.238. The van der Waals surface area contributed by atoms with Crippen molar-refractivity contribution >= 4 is 17.2 Å². The quantitative estimate of drug-likeness (QED) is 0.878. The molecule has 0 saturated carbocycles. The van der Waals surface area contributed by atoms with E-state index in [0.29, 0.717) is 29.3 Å². The van der Waals surface area contributed by atoms with E-state index in [2.05, 4.69) is 10.4 Å². The third-order valence-electron chi connectivity index (χ3n) is 2.91. The normalized spacial score (nSPS) is 10.7. The van der Waals surface area contributed by atoms with Gasteiger partial charge >= 0.3 is 0 Å². The van der Waals surface area contributed by atoms with E-state index in [0.717, 1.165) is 5.69 Å². The second-order valence-corrected chi connectivity index (χ2v) is 4.25. The second kappa shape index (κ2) is 4.68. The minimum atomic E-state index is -0.238. The molecular weight excluding hydrogens is 231 g/mol. The number of aromatic nitrogens is 2. The van der Waals surface area contributed by atoms with Gasteiger partial charge in [-0.15, -0.1) is 0 Å². The summed E-state index contributed by atoms with van der Waals surface area (Å²) in [5.41, 5.74) is 8.61. The maximum Gasteiger partial charge on any atom is 0.152 e. The first-order chi connectivity index (χ1) is 8.52. The van der Waals surface area contributed by atoms with E-state index >= 15 is 0 Å². The number of nitrogens with zero attached hydrogens (tertiary/aromatic N) is 2. The third kappa shape index (κ3) is 2.16. The molecule has 0 aliphatic heterocycles. The molecule has 0 aliphatic rings. The number of nitrogens with two attached hydrogens (primary N) is 1. The van der Waals surface area contributed by atoms with E-state index in [4.69, 9.17) is 5.73 Å². The molecule has 4 nitrogen and oxygen atoms in total. The van der Waals surface area contributed by atoms with Crippen molar-refractivity contribution in [3.8, 4) is 0 Å². The van der Waals surface area contributed by atoms with Gasteiger partial charge in [-0.2, -0.15) is 5.10 Å². The summed E-state index contributed by atoms with van der Waals surface area (Å²) < 4.78 is 15.2. The molecule has 1 heterocycles. The van der Waals surface area contributed by atoms with E-state index in [1.54, 1.807) is 17.7 Å². The molecule has 2 rings (SSSR count). The van der Waals surface area contributed by atoms with Crippen LogP contribution in [-0.2, 0) is 6.54 Å². The molecule has 5 heteroatoms. The van der Waals surface area contributed by atoms with Gasteiger partial charge in [-0.25, -0.2) is 9.07 Å². The molecule has 0 atom stereocenters. The van der Waals surface area contributed by atoms with Gasteiger partial charge in [0.2, 0.25) is 0 Å². The van der Waals surface area contributed by atoms with Crippen molar-refractivity contribution in [2.75, 3.05) is 11.1 Å². The van der Waals surface area contributed by atoms with Crippen LogP contribution in [0.5, 0.6) is 0 Å². The molecule has 0 fully saturated rings. The van der Waals surface area contributed by atoms with Crippen molar-refractivity contribution in [1.29, 1.82) is 0 Å². The zero-order valence-electron chi connectivity index (χ0n) is 10.8. The summed E-state index contributed by atoms with van der Waals surface area (Å²) in [6, 6.07) is 5.00. The van der Waals surface area contributed by atoms with Crippen LogP contribution in [0, 0.1) is 19.7 Å². The number of anilines is 3. The smallest absolute Gasteiger partial charge is 0.152 e. The van der Waals surface area contributed by atoms with Gasteiger partial charge in [-0.1, -0.05) is 6.07 Å². The SMILES string of the molecule is CCn1nc(C)c(N)c1Nc1ccc(C)c(F)c1. The number of nitrogens with one attached hydrogen (secondary N) is 1. The lowest BCUT2D eigenvalue weighted by Crippen LogP contribution is -2.04. The predicted molar refractivity (Wildman–Crippen MR) is 71.5 cm³/mol. The Morgan fingerprint density at radius 1 is 1.39 bits per heavy atom. The average molecular weight is 248 g/mol. The van der Waals surface area contributed by atoms with Crippen LogP contribution in [0.1, 0.15) is 18.2 Å². The van der Waals surface area contributed by atoms with Gasteiger partial charge in [-0.3, -0.25) is 0 Å². The highest BCUT2D eigenvalue weighted by molar-refractivity contribution is 5.71. The van der Waals surface area contributed by atoms with Crippen LogP contribution in [0.2, 0.25) is 0 Å². The summed E-state index contributed by atoms with van der Waals surface area (Å²) in [5, 5.41) is 7.42. The summed E-state index contributed by atoms with van der Waals surface area (Å²) in [6.07, 6.45) is 0. The highest BCUT2D eigenvalue weighted by atomic mass is 19.1. The minimum Gasteiger partial charge on any atom is -0.394 e. The van der Waals surface area contributed by atoms with Crippen LogP contribution in [0.15, 0.2) is 18.2 Å². The summed E-state index contributed by atoms with van der Waals surface area (Å²) in [5.74, 6) is 0.469. The Morgan fingerprint density at radius 2 is 2.11 bits per heavy atom. The second-order valence-electron chi connectivity index (χ2n) is 4.25. The van der Waals surface area contributed by atoms with Crippen molar-refractivity contribution in [2.45, 2.75) is 27.3 Å². The molecule has 1 aromatic heterocycles. The van der Waals surface area contributed by atoms with E-state index in [-0.39, 0.29) is 5.82 Å². The van der Waals surface area contributed by atoms with Crippen LogP contribution < -0.4 is 11.1 Å². The zero-order chi connectivity index (χ0) is 13.3. The summed E-state index contributed by atoms with van der Waals surface area (Å²) in [7, 11) is 0. The Labute approximate surface area is 106 Å². The van der Waals surface area contributed by atoms with E-state index in [1.165, 1.54) is 6.07 Å². The summed E-state index contributed by atoms with van der Waals surface area (Å²) in [6.45, 7) is 6.26. The lowest BCUT2D eigenvalue weighted by molar-refractivity contribution is 0.619. The van der Waals surface area contributed by atoms with Crippen LogP contribution in [-0.4, -0.2) is 9.78 Å². The summed E-state index contributed by atoms with van der Waals surface area (Å²) >= 11 is 0. The van der Waals surface area contributed by atoms with Gasteiger partial charge < -0.3 is 11.1 Å². The van der Waals surface area contributed by atoms with Crippen molar-refractivity contribution in [3.63, 3.8) is 0 Å². The highest BCUT2D eigenvalue weighted by Crippen LogP contribution is 2.26. The van der Waals surface area contributed by atoms with Crippen LogP contribution in [0.3, 0.4) is 0 Å². The molecule has 0 aliphatic carbocycles. The molecule has 0 bridgehead atoms. The number of benzene rings is 1. The standard InChI is InChI=1S/C13H17FN4/c1-4-18-13(12(15)9(3)17-18)16-10-6-5-8(2)11(14)7-10/h5-7,16H,4,15H2,1-3H3. The van der Waals surface area contributed by atoms with E-state index < -0.39 is 0 Å². The molecule has 1 aromatic carbocycles. The molecule has 2 aromatic rings. The Hall–Kier alpha value is -2.04. The molecule has 0 amide bonds. The number of nitrogen functional groups attached to an aromatic ring is 1. The largest absolute Gasteiger partial charge is 0.394 e. The van der Waals surface area contributed by atoms with Crippen molar-refractivity contribution < 1.29 is 4.39 Å². The maximum absolute atomic E-state index is 13.5. The first-order valence-corrected chi connectivity index (χ1v) is 5.89. The Balaban J connectivity index is 2.36. The van der Waals surface area contributed by atoms with E-state index in [9.17, 15) is 4.39 Å². The zero-order valence-corrected chi connectivity index (χ0v) is 10.8. The van der Waals surface area contributed by atoms with Crippen LogP contribution in [0.25, 0.3) is 0 Å². The van der Waals surface area contributed by atoms with Crippen LogP contribution >= 0.6 is 0 Å². The average Bonchev–Trinajstić information content (AvgIpc) is 2.61. The van der Waals surface area contributed by atoms with E-state index in [1.807, 2.05) is 19.9 Å². The Morgan fingerprint density at radius 3 is 2.72 bits per heavy atom. The fourth-order valence-corrected chi connectivity index (χ4v) is 1.76. The maximum atomic E-state index is 13.5. The predicted octanol–water partition coefficient (Wildman–Crippen LogP) is 2.98. The van der Waals surface area contributed by atoms with Gasteiger partial charge in [0.15, 0.2) is 5.82 Å². The molecule has 96 valence electrons. The molecular formula is C13H17FN4. The number of hydrogen-bond donors (Lipinski definition) is 2. The van der Waals surface area contributed by atoms with Gasteiger partial charge in [0, 0.05) is 12.2 Å². The molecule has 0 unspecified atom stereocenters. The molecule has 0 saturated heterocycles. The number of halogens is 1. The Kier molecular flexibility index (Phi) is 3.23. The monoisotopic (exact) mass is 248 g/mol. The molecule has 0 radical (unpaired) electrons. The highest BCUT2D eigenvalue weighted by Gasteiger charge is 2.11. The number of hydrogen-bond acceptors (Lipinski definition) is 3. The first-order valence-electron chi connectivity index (χ1n) is 5.89. The van der Waals surface area contributed by atoms with Gasteiger partial charge in [0.05, 0.1) is 11.4 Å². The lowest BCUT2D eigenvalue weighted by Gasteiger charge is -2.10. The fraction of sp³-hybridized carbons (Fsp3) is 0.308. The number of rotatable bonds is 3. The van der Waals surface area contributed by atoms with Gasteiger partial charge in [-0.05, 0) is 38.5 Å². The van der Waals surface area contributed by atoms with Crippen molar-refractivity contribution in [1.82, 2.24) is 9.78 Å². The molecule has 3 N–H and O–H groups in total.